The van der Waals surface area contributed by atoms with Crippen LogP contribution in [-0.2, 0) is 10.2 Å². The molecule has 1 spiro atoms. The summed E-state index contributed by atoms with van der Waals surface area (Å²) in [6.07, 6.45) is 4.05. The average molecular weight is 300 g/mol. The zero-order valence-corrected chi connectivity index (χ0v) is 14.4. The van der Waals surface area contributed by atoms with Crippen LogP contribution in [0.5, 0.6) is 0 Å². The summed E-state index contributed by atoms with van der Waals surface area (Å²) in [5.41, 5.74) is 4.69. The summed E-state index contributed by atoms with van der Waals surface area (Å²) >= 11 is 0. The molecule has 0 bridgehead atoms. The Morgan fingerprint density at radius 1 is 1.32 bits per heavy atom. The lowest BCUT2D eigenvalue weighted by atomic mass is 9.73. The number of fused-ring (bicyclic) bond motifs is 2. The van der Waals surface area contributed by atoms with E-state index in [4.69, 9.17) is 0 Å². The Hall–Kier alpha value is -1.35. The van der Waals surface area contributed by atoms with Crippen LogP contribution in [0.25, 0.3) is 0 Å². The third kappa shape index (κ3) is 2.45. The van der Waals surface area contributed by atoms with E-state index in [1.54, 1.807) is 5.56 Å². The van der Waals surface area contributed by atoms with E-state index in [1.165, 1.54) is 17.5 Å². The first kappa shape index (κ1) is 15.5. The predicted molar refractivity (Wildman–Crippen MR) is 90.0 cm³/mol. The van der Waals surface area contributed by atoms with Crippen LogP contribution >= 0.6 is 0 Å². The van der Waals surface area contributed by atoms with Crippen molar-refractivity contribution < 1.29 is 4.79 Å². The van der Waals surface area contributed by atoms with Crippen LogP contribution in [0.4, 0.5) is 0 Å². The lowest BCUT2D eigenvalue weighted by molar-refractivity contribution is -0.132. The fourth-order valence-corrected chi connectivity index (χ4v) is 4.35. The number of carbonyl (C=O) groups excluding carboxylic acids is 1. The molecular weight excluding hydrogens is 272 g/mol. The maximum atomic E-state index is 12.0. The van der Waals surface area contributed by atoms with Gasteiger partial charge in [0, 0.05) is 31.0 Å². The number of hydrogen-bond donors (Lipinski definition) is 0. The van der Waals surface area contributed by atoms with Crippen LogP contribution in [0.2, 0.25) is 0 Å². The van der Waals surface area contributed by atoms with Crippen molar-refractivity contribution in [1.29, 1.82) is 0 Å². The maximum absolute atomic E-state index is 12.0. The number of rotatable bonds is 2. The molecule has 0 saturated carbocycles. The molecule has 22 heavy (non-hydrogen) atoms. The van der Waals surface area contributed by atoms with Crippen molar-refractivity contribution in [3.63, 3.8) is 0 Å². The smallest absolute Gasteiger partial charge is 0.222 e. The third-order valence-electron chi connectivity index (χ3n) is 5.72. The minimum atomic E-state index is 0.279. The van der Waals surface area contributed by atoms with Gasteiger partial charge in [-0.25, -0.2) is 0 Å². The van der Waals surface area contributed by atoms with Crippen molar-refractivity contribution in [3.05, 3.63) is 34.9 Å². The van der Waals surface area contributed by atoms with E-state index in [-0.39, 0.29) is 5.41 Å². The number of amides is 1. The van der Waals surface area contributed by atoms with E-state index in [1.807, 2.05) is 6.92 Å². The van der Waals surface area contributed by atoms with Crippen LogP contribution in [0.15, 0.2) is 18.2 Å². The van der Waals surface area contributed by atoms with Crippen molar-refractivity contribution in [2.45, 2.75) is 51.0 Å². The number of aryl methyl sites for hydroxylation is 1. The summed E-state index contributed by atoms with van der Waals surface area (Å²) in [4.78, 5) is 16.4. The van der Waals surface area contributed by atoms with Crippen LogP contribution in [0.1, 0.15) is 55.3 Å². The first-order chi connectivity index (χ1) is 10.5. The highest BCUT2D eigenvalue weighted by Crippen LogP contribution is 2.52. The molecule has 1 saturated heterocycles. The average Bonchev–Trinajstić information content (AvgIpc) is 2.82. The molecule has 1 heterocycles. The maximum Gasteiger partial charge on any atom is 0.222 e. The van der Waals surface area contributed by atoms with Gasteiger partial charge in [-0.3, -0.25) is 4.79 Å². The van der Waals surface area contributed by atoms with Gasteiger partial charge in [0.15, 0.2) is 0 Å². The second-order valence-corrected chi connectivity index (χ2v) is 7.29. The van der Waals surface area contributed by atoms with E-state index in [9.17, 15) is 4.79 Å². The Morgan fingerprint density at radius 2 is 2.00 bits per heavy atom. The van der Waals surface area contributed by atoms with Crippen molar-refractivity contribution in [1.82, 2.24) is 9.80 Å². The Kier molecular flexibility index (Phi) is 4.02. The fourth-order valence-electron chi connectivity index (χ4n) is 4.35. The van der Waals surface area contributed by atoms with Gasteiger partial charge in [0.1, 0.15) is 0 Å². The Morgan fingerprint density at radius 3 is 2.59 bits per heavy atom. The van der Waals surface area contributed by atoms with Gasteiger partial charge in [-0.2, -0.15) is 0 Å². The molecular formula is C19H28N2O. The molecule has 1 amide bonds. The van der Waals surface area contributed by atoms with Crippen LogP contribution < -0.4 is 0 Å². The monoisotopic (exact) mass is 300 g/mol. The Labute approximate surface area is 134 Å². The van der Waals surface area contributed by atoms with Crippen molar-refractivity contribution >= 4 is 5.91 Å². The van der Waals surface area contributed by atoms with Crippen molar-refractivity contribution in [3.8, 4) is 0 Å². The minimum Gasteiger partial charge on any atom is -0.343 e. The van der Waals surface area contributed by atoms with Gasteiger partial charge in [0.05, 0.1) is 0 Å². The molecule has 1 fully saturated rings. The third-order valence-corrected chi connectivity index (χ3v) is 5.72. The second-order valence-electron chi connectivity index (χ2n) is 7.29. The standard InChI is InChI=1S/C19H28N2O/c1-5-18(22)21-10-8-19(9-11-21)13-17(20(3)4)15-7-6-14(2)12-16(15)19/h6-7,12,17H,5,8-11,13H2,1-4H3/t17-/m0/s1. The van der Waals surface area contributed by atoms with E-state index in [2.05, 4.69) is 49.0 Å². The van der Waals surface area contributed by atoms with Gasteiger partial charge in [-0.1, -0.05) is 30.7 Å². The Bertz CT molecular complexity index is 571. The molecule has 0 unspecified atom stereocenters. The number of hydrogen-bond acceptors (Lipinski definition) is 2. The normalized spacial score (nSPS) is 23.1. The van der Waals surface area contributed by atoms with Crippen molar-refractivity contribution in [2.24, 2.45) is 0 Å². The summed E-state index contributed by atoms with van der Waals surface area (Å²) in [6.45, 7) is 5.98. The quantitative estimate of drug-likeness (QED) is 0.837. The summed E-state index contributed by atoms with van der Waals surface area (Å²) in [6, 6.07) is 7.48. The second kappa shape index (κ2) is 5.69. The van der Waals surface area contributed by atoms with Gasteiger partial charge in [0.2, 0.25) is 5.91 Å². The number of benzene rings is 1. The number of nitrogens with zero attached hydrogens (tertiary/aromatic N) is 2. The van der Waals surface area contributed by atoms with Gasteiger partial charge in [0.25, 0.3) is 0 Å². The highest BCUT2D eigenvalue weighted by Gasteiger charge is 2.46. The van der Waals surface area contributed by atoms with Crippen molar-refractivity contribution in [2.75, 3.05) is 27.2 Å². The SMILES string of the molecule is CCC(=O)N1CCC2(CC1)C[C@H](N(C)C)c1ccc(C)cc12. The van der Waals surface area contributed by atoms with E-state index in [0.29, 0.717) is 18.4 Å². The molecule has 1 aromatic rings. The molecule has 3 rings (SSSR count). The van der Waals surface area contributed by atoms with Crippen LogP contribution in [-0.4, -0.2) is 42.9 Å². The number of piperidine rings is 1. The van der Waals surface area contributed by atoms with Crippen LogP contribution in [0, 0.1) is 6.92 Å². The number of likely N-dealkylation sites (tertiary alicyclic amines) is 1. The Balaban J connectivity index is 1.90. The molecule has 1 aliphatic heterocycles. The first-order valence-electron chi connectivity index (χ1n) is 8.52. The summed E-state index contributed by atoms with van der Waals surface area (Å²) in [5.74, 6) is 0.307. The number of carbonyl (C=O) groups is 1. The molecule has 0 N–H and O–H groups in total. The molecule has 0 aromatic heterocycles. The molecule has 1 atom stereocenters. The molecule has 1 aliphatic carbocycles. The molecule has 0 radical (unpaired) electrons. The predicted octanol–water partition coefficient (Wildman–Crippen LogP) is 3.27. The minimum absolute atomic E-state index is 0.279. The highest BCUT2D eigenvalue weighted by atomic mass is 16.2. The zero-order valence-electron chi connectivity index (χ0n) is 14.4. The van der Waals surface area contributed by atoms with Gasteiger partial charge >= 0.3 is 0 Å². The van der Waals surface area contributed by atoms with Gasteiger partial charge in [-0.15, -0.1) is 0 Å². The molecule has 1 aromatic carbocycles. The van der Waals surface area contributed by atoms with Crippen LogP contribution in [0.3, 0.4) is 0 Å². The van der Waals surface area contributed by atoms with Gasteiger partial charge in [-0.05, 0) is 51.4 Å². The van der Waals surface area contributed by atoms with E-state index < -0.39 is 0 Å². The zero-order chi connectivity index (χ0) is 15.9. The van der Waals surface area contributed by atoms with Gasteiger partial charge < -0.3 is 9.80 Å². The molecule has 2 aliphatic rings. The molecule has 120 valence electrons. The largest absolute Gasteiger partial charge is 0.343 e. The molecule has 3 nitrogen and oxygen atoms in total. The van der Waals surface area contributed by atoms with E-state index in [0.717, 1.165) is 25.9 Å². The lowest BCUT2D eigenvalue weighted by Crippen LogP contribution is -2.44. The summed E-state index contributed by atoms with van der Waals surface area (Å²) in [5, 5.41) is 0. The fraction of sp³-hybridized carbons (Fsp3) is 0.632. The summed E-state index contributed by atoms with van der Waals surface area (Å²) in [7, 11) is 4.37. The first-order valence-corrected chi connectivity index (χ1v) is 8.52. The topological polar surface area (TPSA) is 23.6 Å². The lowest BCUT2D eigenvalue weighted by Gasteiger charge is -2.40. The summed E-state index contributed by atoms with van der Waals surface area (Å²) < 4.78 is 0. The highest BCUT2D eigenvalue weighted by molar-refractivity contribution is 5.76. The van der Waals surface area contributed by atoms with E-state index >= 15 is 0 Å². The molecule has 3 heteroatoms.